The van der Waals surface area contributed by atoms with Crippen molar-refractivity contribution in [1.29, 1.82) is 0 Å². The number of rotatable bonds is 7. The van der Waals surface area contributed by atoms with Crippen LogP contribution in [0.15, 0.2) is 6.07 Å². The number of thiophene rings is 1. The Kier molecular flexibility index (Phi) is 5.47. The number of aliphatic hydroxyl groups excluding tert-OH is 1. The predicted molar refractivity (Wildman–Crippen MR) is 76.2 cm³/mol. The van der Waals surface area contributed by atoms with Gasteiger partial charge in [0, 0.05) is 13.2 Å². The third-order valence-electron chi connectivity index (χ3n) is 2.76. The Labute approximate surface area is 125 Å². The molecule has 1 heterocycles. The van der Waals surface area contributed by atoms with E-state index in [0.29, 0.717) is 26.8 Å². The highest BCUT2D eigenvalue weighted by Gasteiger charge is 2.21. The second-order valence-electron chi connectivity index (χ2n) is 4.58. The lowest BCUT2D eigenvalue weighted by Crippen LogP contribution is -2.34. The first-order chi connectivity index (χ1) is 9.06. The van der Waals surface area contributed by atoms with E-state index in [1.165, 1.54) is 18.9 Å². The highest BCUT2D eigenvalue weighted by atomic mass is 35.5. The first kappa shape index (κ1) is 15.1. The zero-order valence-corrected chi connectivity index (χ0v) is 12.5. The molecule has 0 bridgehead atoms. The topological polar surface area (TPSA) is 58.6 Å². The molecule has 1 aromatic heterocycles. The summed E-state index contributed by atoms with van der Waals surface area (Å²) in [6.45, 7) is 1.05. The van der Waals surface area contributed by atoms with Crippen molar-refractivity contribution < 1.29 is 14.6 Å². The Morgan fingerprint density at radius 1 is 1.58 bits per heavy atom. The van der Waals surface area contributed by atoms with Crippen LogP contribution in [0.25, 0.3) is 0 Å². The Balaban J connectivity index is 1.68. The molecule has 19 heavy (non-hydrogen) atoms. The van der Waals surface area contributed by atoms with Crippen LogP contribution in [0.3, 0.4) is 0 Å². The van der Waals surface area contributed by atoms with Crippen LogP contribution in [0.5, 0.6) is 0 Å². The predicted octanol–water partition coefficient (Wildman–Crippen LogP) is 2.57. The summed E-state index contributed by atoms with van der Waals surface area (Å²) in [4.78, 5) is 11.8. The maximum absolute atomic E-state index is 11.8. The van der Waals surface area contributed by atoms with Gasteiger partial charge in [0.2, 0.25) is 0 Å². The third kappa shape index (κ3) is 4.93. The molecule has 7 heteroatoms. The smallest absolute Gasteiger partial charge is 0.253 e. The van der Waals surface area contributed by atoms with E-state index in [1.807, 2.05) is 0 Å². The first-order valence-electron chi connectivity index (χ1n) is 6.05. The van der Waals surface area contributed by atoms with Crippen molar-refractivity contribution in [2.24, 2.45) is 5.92 Å². The fraction of sp³-hybridized carbons (Fsp3) is 0.583. The number of amides is 1. The summed E-state index contributed by atoms with van der Waals surface area (Å²) in [6, 6.07) is 1.51. The fourth-order valence-corrected chi connectivity index (χ4v) is 2.97. The van der Waals surface area contributed by atoms with E-state index in [-0.39, 0.29) is 19.1 Å². The molecule has 2 N–H and O–H groups in total. The van der Waals surface area contributed by atoms with E-state index in [2.05, 4.69) is 5.32 Å². The quantitative estimate of drug-likeness (QED) is 0.810. The maximum Gasteiger partial charge on any atom is 0.253 e. The van der Waals surface area contributed by atoms with Gasteiger partial charge in [-0.2, -0.15) is 0 Å². The van der Waals surface area contributed by atoms with Crippen LogP contribution < -0.4 is 5.32 Å². The molecule has 1 aliphatic carbocycles. The summed E-state index contributed by atoms with van der Waals surface area (Å²) < 4.78 is 6.15. The fourth-order valence-electron chi connectivity index (χ4n) is 1.51. The monoisotopic (exact) mass is 323 g/mol. The van der Waals surface area contributed by atoms with Crippen LogP contribution in [0.2, 0.25) is 8.67 Å². The van der Waals surface area contributed by atoms with Crippen LogP contribution in [-0.2, 0) is 4.74 Å². The van der Waals surface area contributed by atoms with Gasteiger partial charge in [-0.3, -0.25) is 4.79 Å². The highest BCUT2D eigenvalue weighted by molar-refractivity contribution is 7.20. The zero-order valence-electron chi connectivity index (χ0n) is 10.2. The summed E-state index contributed by atoms with van der Waals surface area (Å²) in [5.74, 6) is 0.322. The minimum Gasteiger partial charge on any atom is -0.389 e. The summed E-state index contributed by atoms with van der Waals surface area (Å²) in [7, 11) is 0. The molecule has 106 valence electrons. The van der Waals surface area contributed by atoms with E-state index >= 15 is 0 Å². The van der Waals surface area contributed by atoms with Crippen molar-refractivity contribution in [2.45, 2.75) is 18.9 Å². The van der Waals surface area contributed by atoms with E-state index in [4.69, 9.17) is 27.9 Å². The molecule has 1 unspecified atom stereocenters. The molecule has 1 amide bonds. The molecule has 1 aliphatic rings. The minimum absolute atomic E-state index is 0.132. The van der Waals surface area contributed by atoms with Gasteiger partial charge in [-0.1, -0.05) is 23.2 Å². The number of halogens is 2. The molecule has 2 rings (SSSR count). The van der Waals surface area contributed by atoms with Gasteiger partial charge in [-0.05, 0) is 24.8 Å². The molecule has 4 nitrogen and oxygen atoms in total. The van der Waals surface area contributed by atoms with E-state index in [1.54, 1.807) is 0 Å². The molecule has 1 aromatic rings. The van der Waals surface area contributed by atoms with E-state index in [9.17, 15) is 9.90 Å². The molecule has 0 spiro atoms. The summed E-state index contributed by atoms with van der Waals surface area (Å²) >= 11 is 12.8. The van der Waals surface area contributed by atoms with Crippen LogP contribution in [-0.4, -0.2) is 36.9 Å². The Morgan fingerprint density at radius 2 is 2.32 bits per heavy atom. The first-order valence-corrected chi connectivity index (χ1v) is 7.62. The van der Waals surface area contributed by atoms with Gasteiger partial charge >= 0.3 is 0 Å². The van der Waals surface area contributed by atoms with E-state index < -0.39 is 6.10 Å². The van der Waals surface area contributed by atoms with Crippen molar-refractivity contribution in [3.05, 3.63) is 20.3 Å². The van der Waals surface area contributed by atoms with Gasteiger partial charge < -0.3 is 15.2 Å². The molecule has 0 saturated heterocycles. The minimum atomic E-state index is -0.712. The normalized spacial score (nSPS) is 16.4. The maximum atomic E-state index is 11.8. The van der Waals surface area contributed by atoms with Gasteiger partial charge in [0.05, 0.1) is 22.6 Å². The largest absolute Gasteiger partial charge is 0.389 e. The lowest BCUT2D eigenvalue weighted by Gasteiger charge is -2.12. The molecule has 1 fully saturated rings. The van der Waals surface area contributed by atoms with Crippen molar-refractivity contribution in [1.82, 2.24) is 5.32 Å². The number of hydrogen-bond acceptors (Lipinski definition) is 4. The number of nitrogens with one attached hydrogen (secondary N) is 1. The second kappa shape index (κ2) is 6.90. The van der Waals surface area contributed by atoms with Crippen LogP contribution in [0, 0.1) is 5.92 Å². The summed E-state index contributed by atoms with van der Waals surface area (Å²) in [5.41, 5.74) is 0.336. The van der Waals surface area contributed by atoms with Gasteiger partial charge in [0.1, 0.15) is 4.34 Å². The number of carbonyl (C=O) groups excluding carboxylic acids is 1. The van der Waals surface area contributed by atoms with Crippen LogP contribution in [0.4, 0.5) is 0 Å². The zero-order chi connectivity index (χ0) is 13.8. The summed E-state index contributed by atoms with van der Waals surface area (Å²) in [6.07, 6.45) is 1.71. The van der Waals surface area contributed by atoms with Crippen molar-refractivity contribution >= 4 is 40.4 Å². The summed E-state index contributed by atoms with van der Waals surface area (Å²) in [5, 5.41) is 12.3. The van der Waals surface area contributed by atoms with Gasteiger partial charge in [-0.15, -0.1) is 11.3 Å². The molecule has 1 saturated carbocycles. The number of carbonyl (C=O) groups is 1. The van der Waals surface area contributed by atoms with Gasteiger partial charge in [-0.25, -0.2) is 0 Å². The van der Waals surface area contributed by atoms with Gasteiger partial charge in [0.25, 0.3) is 5.91 Å². The Morgan fingerprint density at radius 3 is 2.89 bits per heavy atom. The highest BCUT2D eigenvalue weighted by Crippen LogP contribution is 2.31. The number of aliphatic hydroxyl groups is 1. The third-order valence-corrected chi connectivity index (χ3v) is 4.25. The van der Waals surface area contributed by atoms with E-state index in [0.717, 1.165) is 11.3 Å². The standard InChI is InChI=1S/C12H15Cl2NO3S/c13-10-3-9(11(14)19-10)12(17)15-4-8(16)6-18-5-7-1-2-7/h3,7-8,16H,1-2,4-6H2,(H,15,17). The Bertz CT molecular complexity index is 448. The SMILES string of the molecule is O=C(NCC(O)COCC1CC1)c1cc(Cl)sc1Cl. The average Bonchev–Trinajstić information content (AvgIpc) is 3.11. The number of ether oxygens (including phenoxy) is 1. The molecular weight excluding hydrogens is 309 g/mol. The van der Waals surface area contributed by atoms with Crippen molar-refractivity contribution in [3.8, 4) is 0 Å². The lowest BCUT2D eigenvalue weighted by molar-refractivity contribution is 0.0321. The molecule has 0 aliphatic heterocycles. The second-order valence-corrected chi connectivity index (χ2v) is 6.87. The lowest BCUT2D eigenvalue weighted by atomic mass is 10.3. The average molecular weight is 324 g/mol. The Hall–Kier alpha value is -0.330. The van der Waals surface area contributed by atoms with Crippen LogP contribution >= 0.6 is 34.5 Å². The van der Waals surface area contributed by atoms with Crippen molar-refractivity contribution in [3.63, 3.8) is 0 Å². The molecule has 0 radical (unpaired) electrons. The van der Waals surface area contributed by atoms with Crippen molar-refractivity contribution in [2.75, 3.05) is 19.8 Å². The van der Waals surface area contributed by atoms with Crippen LogP contribution in [0.1, 0.15) is 23.2 Å². The molecule has 1 atom stereocenters. The number of hydrogen-bond donors (Lipinski definition) is 2. The molecule has 0 aromatic carbocycles. The van der Waals surface area contributed by atoms with Gasteiger partial charge in [0.15, 0.2) is 0 Å². The molecular formula is C12H15Cl2NO3S.